The summed E-state index contributed by atoms with van der Waals surface area (Å²) < 4.78 is 9.22. The Hall–Kier alpha value is -6.46. The van der Waals surface area contributed by atoms with Crippen molar-refractivity contribution < 1.29 is 4.42 Å². The van der Waals surface area contributed by atoms with Gasteiger partial charge in [0.2, 0.25) is 0 Å². The molecule has 11 rings (SSSR count). The van der Waals surface area contributed by atoms with Gasteiger partial charge >= 0.3 is 269 Å². The fraction of sp³-hybridized carbons (Fsp3) is 0. The second-order valence-corrected chi connectivity index (χ2v) is 15.3. The topological polar surface area (TPSA) is 64.7 Å². The summed E-state index contributed by atoms with van der Waals surface area (Å²) in [5.41, 5.74) is 5.46. The summed E-state index contributed by atoms with van der Waals surface area (Å²) in [5, 5.41) is 9.17. The Balaban J connectivity index is 1.15. The van der Waals surface area contributed by atoms with E-state index in [1.807, 2.05) is 36.4 Å². The normalized spacial score (nSPS) is 11.8. The molecule has 8 aromatic carbocycles. The first-order valence-corrected chi connectivity index (χ1v) is 18.9. The molecule has 0 aliphatic heterocycles. The van der Waals surface area contributed by atoms with E-state index in [4.69, 9.17) is 24.4 Å². The molecule has 0 aliphatic carbocycles. The molecule has 0 bridgehead atoms. The monoisotopic (exact) mass is 730 g/mol. The van der Waals surface area contributed by atoms with E-state index < -0.39 is 0 Å². The van der Waals surface area contributed by atoms with Crippen LogP contribution >= 0.6 is 0 Å². The van der Waals surface area contributed by atoms with Crippen molar-refractivity contribution in [1.82, 2.24) is 19.9 Å². The van der Waals surface area contributed by atoms with Crippen molar-refractivity contribution in [3.05, 3.63) is 158 Å². The van der Waals surface area contributed by atoms with Gasteiger partial charge in [-0.1, -0.05) is 18.2 Å². The minimum absolute atomic E-state index is 0.140. The van der Waals surface area contributed by atoms with Gasteiger partial charge in [0.05, 0.1) is 0 Å². The molecule has 0 saturated carbocycles. The van der Waals surface area contributed by atoms with Crippen LogP contribution in [0.5, 0.6) is 0 Å². The summed E-state index contributed by atoms with van der Waals surface area (Å²) in [5.74, 6) is 2.57. The first-order chi connectivity index (χ1) is 25.7. The van der Waals surface area contributed by atoms with Crippen molar-refractivity contribution in [2.75, 3.05) is 0 Å². The van der Waals surface area contributed by atoms with E-state index in [9.17, 15) is 0 Å². The molecular weight excluding hydrogens is 703 g/mol. The molecule has 6 heteroatoms. The SMILES string of the molecule is c1ccc(-c2nc3ccc4ccc5ccc(-c6nc(-c7ccc8ccccc8c7)nc(-c7cccc8c7[se]c7ccccc78)n6)cc5c4c3o2)cc1. The van der Waals surface area contributed by atoms with E-state index in [1.165, 1.54) is 24.7 Å². The van der Waals surface area contributed by atoms with E-state index in [0.29, 0.717) is 23.4 Å². The molecule has 0 atom stereocenters. The summed E-state index contributed by atoms with van der Waals surface area (Å²) in [6, 6.07) is 55.0. The van der Waals surface area contributed by atoms with E-state index in [0.717, 1.165) is 60.3 Å². The van der Waals surface area contributed by atoms with Crippen LogP contribution in [-0.4, -0.2) is 34.4 Å². The summed E-state index contributed by atoms with van der Waals surface area (Å²) in [6.07, 6.45) is 0. The number of rotatable bonds is 4. The van der Waals surface area contributed by atoms with Crippen molar-refractivity contribution >= 4 is 77.2 Å². The van der Waals surface area contributed by atoms with Gasteiger partial charge in [0, 0.05) is 5.56 Å². The zero-order chi connectivity index (χ0) is 34.2. The predicted octanol–water partition coefficient (Wildman–Crippen LogP) is 11.5. The third-order valence-electron chi connectivity index (χ3n) is 9.92. The van der Waals surface area contributed by atoms with Gasteiger partial charge in [0.25, 0.3) is 0 Å². The Bertz CT molecular complexity index is 3200. The Morgan fingerprint density at radius 3 is 1.98 bits per heavy atom. The van der Waals surface area contributed by atoms with Crippen molar-refractivity contribution in [2.24, 2.45) is 0 Å². The van der Waals surface area contributed by atoms with Crippen LogP contribution in [0, 0.1) is 0 Å². The average molecular weight is 730 g/mol. The first kappa shape index (κ1) is 29.3. The van der Waals surface area contributed by atoms with Crippen LogP contribution in [0.25, 0.3) is 108 Å². The molecule has 0 unspecified atom stereocenters. The molecular formula is C46H26N4OSe. The van der Waals surface area contributed by atoms with Gasteiger partial charge in [-0.05, 0) is 12.1 Å². The maximum atomic E-state index is 6.53. The van der Waals surface area contributed by atoms with Gasteiger partial charge < -0.3 is 0 Å². The third kappa shape index (κ3) is 4.70. The summed E-state index contributed by atoms with van der Waals surface area (Å²) in [6.45, 7) is 0. The second-order valence-electron chi connectivity index (χ2n) is 13.0. The molecule has 0 saturated heterocycles. The largest absolute Gasteiger partial charge is 0.0615 e. The van der Waals surface area contributed by atoms with Crippen LogP contribution in [0.15, 0.2) is 162 Å². The molecule has 0 radical (unpaired) electrons. The molecule has 0 fully saturated rings. The molecule has 0 N–H and O–H groups in total. The number of hydrogen-bond donors (Lipinski definition) is 0. The number of hydrogen-bond acceptors (Lipinski definition) is 5. The van der Waals surface area contributed by atoms with E-state index in [-0.39, 0.29) is 14.5 Å². The summed E-state index contributed by atoms with van der Waals surface area (Å²) >= 11 is 0.140. The Kier molecular flexibility index (Phi) is 6.50. The Morgan fingerprint density at radius 2 is 1.10 bits per heavy atom. The molecule has 0 aliphatic rings. The van der Waals surface area contributed by atoms with Gasteiger partial charge in [-0.3, -0.25) is 0 Å². The van der Waals surface area contributed by atoms with Crippen molar-refractivity contribution in [3.63, 3.8) is 0 Å². The number of benzene rings is 8. The van der Waals surface area contributed by atoms with Crippen LogP contribution in [0.2, 0.25) is 0 Å². The quantitative estimate of drug-likeness (QED) is 0.133. The van der Waals surface area contributed by atoms with Crippen LogP contribution in [-0.2, 0) is 0 Å². The van der Waals surface area contributed by atoms with Crippen LogP contribution < -0.4 is 0 Å². The fourth-order valence-electron chi connectivity index (χ4n) is 7.37. The number of oxazole rings is 1. The number of fused-ring (bicyclic) bond motifs is 9. The minimum atomic E-state index is 0.140. The van der Waals surface area contributed by atoms with E-state index in [2.05, 4.69) is 121 Å². The van der Waals surface area contributed by atoms with Crippen molar-refractivity contribution in [2.45, 2.75) is 0 Å². The van der Waals surface area contributed by atoms with Crippen LogP contribution in [0.3, 0.4) is 0 Å². The Morgan fingerprint density at radius 1 is 0.423 bits per heavy atom. The standard InChI is InChI=1S/C46H26N4OSe/c1-2-10-30(11-3-1)46-47-38-24-23-29-20-18-28-19-22-33(26-37(28)40(29)41(38)51-46)44-48-43(32-21-17-27-9-4-5-12-31(27)25-32)49-45(50-44)36-15-8-14-35-34-13-6-7-16-39(34)52-42(35)36/h1-26H. The molecule has 5 nitrogen and oxygen atoms in total. The van der Waals surface area contributed by atoms with Gasteiger partial charge in [-0.2, -0.15) is 0 Å². The molecule has 3 aromatic heterocycles. The molecule has 242 valence electrons. The maximum absolute atomic E-state index is 6.53. The van der Waals surface area contributed by atoms with Gasteiger partial charge in [0.15, 0.2) is 0 Å². The van der Waals surface area contributed by atoms with Crippen LogP contribution in [0.1, 0.15) is 0 Å². The van der Waals surface area contributed by atoms with E-state index in [1.54, 1.807) is 0 Å². The molecule has 0 spiro atoms. The number of nitrogens with zero attached hydrogens (tertiary/aromatic N) is 4. The van der Waals surface area contributed by atoms with Crippen molar-refractivity contribution in [3.8, 4) is 45.6 Å². The predicted molar refractivity (Wildman–Crippen MR) is 214 cm³/mol. The smallest absolute Gasteiger partial charge is 0.0495 e. The van der Waals surface area contributed by atoms with Crippen LogP contribution in [0.4, 0.5) is 0 Å². The Labute approximate surface area is 303 Å². The first-order valence-electron chi connectivity index (χ1n) is 17.2. The molecule has 11 aromatic rings. The second kappa shape index (κ2) is 11.5. The minimum Gasteiger partial charge on any atom is -0.0615 e. The van der Waals surface area contributed by atoms with Gasteiger partial charge in [-0.15, -0.1) is 0 Å². The molecule has 52 heavy (non-hydrogen) atoms. The molecule has 3 heterocycles. The fourth-order valence-corrected chi connectivity index (χ4v) is 9.91. The van der Waals surface area contributed by atoms with E-state index >= 15 is 0 Å². The maximum Gasteiger partial charge on any atom is -0.0495 e. The van der Waals surface area contributed by atoms with Gasteiger partial charge in [-0.25, -0.2) is 0 Å². The third-order valence-corrected chi connectivity index (χ3v) is 12.5. The zero-order valence-electron chi connectivity index (χ0n) is 27.6. The van der Waals surface area contributed by atoms with Gasteiger partial charge in [0.1, 0.15) is 0 Å². The summed E-state index contributed by atoms with van der Waals surface area (Å²) in [7, 11) is 0. The zero-order valence-corrected chi connectivity index (χ0v) is 29.3. The molecule has 0 amide bonds. The summed E-state index contributed by atoms with van der Waals surface area (Å²) in [4.78, 5) is 20.5. The van der Waals surface area contributed by atoms with Crippen molar-refractivity contribution in [1.29, 1.82) is 0 Å². The number of aromatic nitrogens is 4. The average Bonchev–Trinajstić information content (AvgIpc) is 3.83.